The Morgan fingerprint density at radius 1 is 1.23 bits per heavy atom. The SMILES string of the molecule is CCc1ccc(N(C(C)C(=O)N2CCCC2)S(C)(=O)=O)cc1. The van der Waals surface area contributed by atoms with Gasteiger partial charge in [0.25, 0.3) is 0 Å². The van der Waals surface area contributed by atoms with Crippen LogP contribution in [0, 0.1) is 0 Å². The second-order valence-electron chi connectivity index (χ2n) is 5.79. The van der Waals surface area contributed by atoms with Crippen molar-refractivity contribution in [1.82, 2.24) is 4.90 Å². The van der Waals surface area contributed by atoms with Gasteiger partial charge in [0.05, 0.1) is 11.9 Å². The highest BCUT2D eigenvalue weighted by Crippen LogP contribution is 2.23. The molecule has 1 saturated heterocycles. The Morgan fingerprint density at radius 2 is 1.77 bits per heavy atom. The summed E-state index contributed by atoms with van der Waals surface area (Å²) in [5.74, 6) is -0.123. The summed E-state index contributed by atoms with van der Waals surface area (Å²) in [6, 6.07) is 6.63. The van der Waals surface area contributed by atoms with Crippen LogP contribution in [0.4, 0.5) is 5.69 Å². The van der Waals surface area contributed by atoms with Crippen molar-refractivity contribution in [3.05, 3.63) is 29.8 Å². The fraction of sp³-hybridized carbons (Fsp3) is 0.562. The van der Waals surface area contributed by atoms with Gasteiger partial charge in [-0.3, -0.25) is 9.10 Å². The quantitative estimate of drug-likeness (QED) is 0.833. The van der Waals surface area contributed by atoms with Crippen LogP contribution in [0.5, 0.6) is 0 Å². The largest absolute Gasteiger partial charge is 0.341 e. The van der Waals surface area contributed by atoms with Crippen molar-refractivity contribution in [2.45, 2.75) is 39.2 Å². The number of carbonyl (C=O) groups excluding carboxylic acids is 1. The standard InChI is InChI=1S/C16H24N2O3S/c1-4-14-7-9-15(10-8-14)18(22(3,20)21)13(2)16(19)17-11-5-6-12-17/h7-10,13H,4-6,11-12H2,1-3H3. The van der Waals surface area contributed by atoms with Gasteiger partial charge in [-0.05, 0) is 43.9 Å². The fourth-order valence-corrected chi connectivity index (χ4v) is 4.05. The Kier molecular flexibility index (Phi) is 5.11. The molecule has 1 unspecified atom stereocenters. The van der Waals surface area contributed by atoms with E-state index in [-0.39, 0.29) is 5.91 Å². The van der Waals surface area contributed by atoms with Crippen molar-refractivity contribution in [2.75, 3.05) is 23.7 Å². The van der Waals surface area contributed by atoms with E-state index in [1.165, 1.54) is 4.31 Å². The topological polar surface area (TPSA) is 57.7 Å². The number of benzene rings is 1. The van der Waals surface area contributed by atoms with Crippen LogP contribution >= 0.6 is 0 Å². The number of anilines is 1. The lowest BCUT2D eigenvalue weighted by atomic mass is 10.1. The van der Waals surface area contributed by atoms with Crippen LogP contribution in [0.3, 0.4) is 0 Å². The lowest BCUT2D eigenvalue weighted by Gasteiger charge is -2.31. The monoisotopic (exact) mass is 324 g/mol. The summed E-state index contributed by atoms with van der Waals surface area (Å²) in [5.41, 5.74) is 1.68. The van der Waals surface area contributed by atoms with Crippen molar-refractivity contribution in [3.63, 3.8) is 0 Å². The van der Waals surface area contributed by atoms with Gasteiger partial charge < -0.3 is 4.90 Å². The number of sulfonamides is 1. The highest BCUT2D eigenvalue weighted by Gasteiger charge is 2.32. The molecule has 1 aliphatic rings. The van der Waals surface area contributed by atoms with E-state index in [9.17, 15) is 13.2 Å². The lowest BCUT2D eigenvalue weighted by Crippen LogP contribution is -2.48. The van der Waals surface area contributed by atoms with Gasteiger partial charge in [-0.25, -0.2) is 8.42 Å². The molecule has 0 saturated carbocycles. The first-order valence-electron chi connectivity index (χ1n) is 7.71. The van der Waals surface area contributed by atoms with E-state index < -0.39 is 16.1 Å². The average Bonchev–Trinajstić information content (AvgIpc) is 3.00. The van der Waals surface area contributed by atoms with E-state index in [1.54, 1.807) is 24.0 Å². The minimum Gasteiger partial charge on any atom is -0.341 e. The number of hydrogen-bond donors (Lipinski definition) is 0. The van der Waals surface area contributed by atoms with Crippen LogP contribution in [-0.2, 0) is 21.2 Å². The van der Waals surface area contributed by atoms with Gasteiger partial charge in [0.2, 0.25) is 15.9 Å². The van der Waals surface area contributed by atoms with Crippen molar-refractivity contribution in [1.29, 1.82) is 0 Å². The van der Waals surface area contributed by atoms with Crippen molar-refractivity contribution in [2.24, 2.45) is 0 Å². The molecule has 5 nitrogen and oxygen atoms in total. The average molecular weight is 324 g/mol. The maximum absolute atomic E-state index is 12.5. The molecule has 1 aromatic rings. The molecule has 1 heterocycles. The van der Waals surface area contributed by atoms with Crippen LogP contribution in [-0.4, -0.2) is 44.6 Å². The number of nitrogens with zero attached hydrogens (tertiary/aromatic N) is 2. The van der Waals surface area contributed by atoms with E-state index in [0.717, 1.165) is 44.2 Å². The summed E-state index contributed by atoms with van der Waals surface area (Å²) in [5, 5.41) is 0. The van der Waals surface area contributed by atoms with E-state index in [0.29, 0.717) is 5.69 Å². The Morgan fingerprint density at radius 3 is 2.23 bits per heavy atom. The van der Waals surface area contributed by atoms with E-state index >= 15 is 0 Å². The second kappa shape index (κ2) is 6.69. The van der Waals surface area contributed by atoms with Crippen molar-refractivity contribution < 1.29 is 13.2 Å². The molecule has 0 N–H and O–H groups in total. The first-order chi connectivity index (χ1) is 10.3. The Labute approximate surface area is 133 Å². The zero-order chi connectivity index (χ0) is 16.3. The second-order valence-corrected chi connectivity index (χ2v) is 7.65. The number of carbonyl (C=O) groups is 1. The molecule has 0 bridgehead atoms. The highest BCUT2D eigenvalue weighted by molar-refractivity contribution is 7.92. The van der Waals surface area contributed by atoms with E-state index in [1.807, 2.05) is 19.1 Å². The third kappa shape index (κ3) is 3.61. The molecule has 122 valence electrons. The van der Waals surface area contributed by atoms with E-state index in [2.05, 4.69) is 0 Å². The Balaban J connectivity index is 2.30. The minimum atomic E-state index is -3.53. The van der Waals surface area contributed by atoms with Gasteiger partial charge >= 0.3 is 0 Å². The molecule has 1 amide bonds. The van der Waals surface area contributed by atoms with Crippen molar-refractivity contribution in [3.8, 4) is 0 Å². The van der Waals surface area contributed by atoms with E-state index in [4.69, 9.17) is 0 Å². The molecule has 0 radical (unpaired) electrons. The van der Waals surface area contributed by atoms with Crippen LogP contribution in [0.2, 0.25) is 0 Å². The zero-order valence-corrected chi connectivity index (χ0v) is 14.3. The van der Waals surface area contributed by atoms with Crippen LogP contribution in [0.15, 0.2) is 24.3 Å². The number of amides is 1. The predicted molar refractivity (Wildman–Crippen MR) is 88.4 cm³/mol. The van der Waals surface area contributed by atoms with Gasteiger partial charge in [0, 0.05) is 13.1 Å². The first-order valence-corrected chi connectivity index (χ1v) is 9.56. The molecule has 1 fully saturated rings. The molecule has 0 aromatic heterocycles. The van der Waals surface area contributed by atoms with Gasteiger partial charge in [-0.2, -0.15) is 0 Å². The zero-order valence-electron chi connectivity index (χ0n) is 13.4. The van der Waals surface area contributed by atoms with Crippen LogP contribution in [0.1, 0.15) is 32.3 Å². The molecular formula is C16H24N2O3S. The number of likely N-dealkylation sites (tertiary alicyclic amines) is 1. The predicted octanol–water partition coefficient (Wildman–Crippen LogP) is 2.03. The van der Waals surface area contributed by atoms with Crippen LogP contribution in [0.25, 0.3) is 0 Å². The third-order valence-corrected chi connectivity index (χ3v) is 5.32. The summed E-state index contributed by atoms with van der Waals surface area (Å²) in [7, 11) is -3.53. The maximum atomic E-state index is 12.5. The summed E-state index contributed by atoms with van der Waals surface area (Å²) in [6.07, 6.45) is 4.01. The summed E-state index contributed by atoms with van der Waals surface area (Å²) in [6.45, 7) is 5.14. The minimum absolute atomic E-state index is 0.123. The Bertz CT molecular complexity index is 619. The molecular weight excluding hydrogens is 300 g/mol. The van der Waals surface area contributed by atoms with Gasteiger partial charge in [-0.15, -0.1) is 0 Å². The molecule has 0 aliphatic carbocycles. The smallest absolute Gasteiger partial charge is 0.246 e. The van der Waals surface area contributed by atoms with Gasteiger partial charge in [0.15, 0.2) is 0 Å². The number of aryl methyl sites for hydroxylation is 1. The molecule has 22 heavy (non-hydrogen) atoms. The molecule has 6 heteroatoms. The lowest BCUT2D eigenvalue weighted by molar-refractivity contribution is -0.130. The van der Waals surface area contributed by atoms with Crippen molar-refractivity contribution >= 4 is 21.6 Å². The summed E-state index contributed by atoms with van der Waals surface area (Å²) >= 11 is 0. The van der Waals surface area contributed by atoms with Gasteiger partial charge in [-0.1, -0.05) is 19.1 Å². The number of hydrogen-bond acceptors (Lipinski definition) is 3. The summed E-state index contributed by atoms with van der Waals surface area (Å²) < 4.78 is 25.6. The molecule has 1 aromatic carbocycles. The number of rotatable bonds is 5. The highest BCUT2D eigenvalue weighted by atomic mass is 32.2. The third-order valence-electron chi connectivity index (χ3n) is 4.08. The molecule has 1 aliphatic heterocycles. The fourth-order valence-electron chi connectivity index (χ4n) is 2.88. The molecule has 2 rings (SSSR count). The van der Waals surface area contributed by atoms with Gasteiger partial charge in [0.1, 0.15) is 6.04 Å². The first kappa shape index (κ1) is 16.8. The molecule has 0 spiro atoms. The maximum Gasteiger partial charge on any atom is 0.246 e. The normalized spacial score (nSPS) is 16.6. The Hall–Kier alpha value is -1.56. The summed E-state index contributed by atoms with van der Waals surface area (Å²) in [4.78, 5) is 14.3. The van der Waals surface area contributed by atoms with Crippen LogP contribution < -0.4 is 4.31 Å². The molecule has 1 atom stereocenters.